The summed E-state index contributed by atoms with van der Waals surface area (Å²) in [6, 6.07) is 1.60. The van der Waals surface area contributed by atoms with Gasteiger partial charge in [0.05, 0.1) is 11.4 Å². The lowest BCUT2D eigenvalue weighted by Crippen LogP contribution is -2.43. The molecule has 1 saturated heterocycles. The van der Waals surface area contributed by atoms with E-state index in [4.69, 9.17) is 0 Å². The fourth-order valence-electron chi connectivity index (χ4n) is 3.53. The molecule has 1 saturated carbocycles. The van der Waals surface area contributed by atoms with Crippen LogP contribution in [0, 0.1) is 13.8 Å². The minimum Gasteiger partial charge on any atom is -0.308 e. The molecule has 21 heavy (non-hydrogen) atoms. The summed E-state index contributed by atoms with van der Waals surface area (Å²) in [4.78, 5) is 8.49. The molecule has 0 spiro atoms. The molecular weight excluding hydrogens is 280 g/mol. The first-order chi connectivity index (χ1) is 10.2. The number of hydrogen-bond donors (Lipinski definition) is 1. The van der Waals surface area contributed by atoms with E-state index in [-0.39, 0.29) is 0 Å². The van der Waals surface area contributed by atoms with Gasteiger partial charge in [-0.3, -0.25) is 4.40 Å². The van der Waals surface area contributed by atoms with E-state index in [1.54, 1.807) is 11.3 Å². The Balaban J connectivity index is 1.39. The predicted octanol–water partition coefficient (Wildman–Crippen LogP) is 2.73. The Labute approximate surface area is 130 Å². The minimum absolute atomic E-state index is 0.670. The van der Waals surface area contributed by atoms with Crippen LogP contribution >= 0.6 is 11.3 Å². The number of imidazole rings is 1. The number of nitrogens with one attached hydrogen (secondary N) is 1. The summed E-state index contributed by atoms with van der Waals surface area (Å²) < 4.78 is 2.31. The van der Waals surface area contributed by atoms with Gasteiger partial charge in [-0.15, -0.1) is 11.3 Å². The number of aryl methyl sites for hydroxylation is 2. The van der Waals surface area contributed by atoms with Gasteiger partial charge in [0.2, 0.25) is 0 Å². The molecule has 3 heterocycles. The molecule has 2 aromatic heterocycles. The van der Waals surface area contributed by atoms with Gasteiger partial charge < -0.3 is 10.2 Å². The van der Waals surface area contributed by atoms with Crippen molar-refractivity contribution in [1.29, 1.82) is 0 Å². The second kappa shape index (κ2) is 5.38. The lowest BCUT2D eigenvalue weighted by Gasteiger charge is -2.32. The zero-order chi connectivity index (χ0) is 14.4. The Morgan fingerprint density at radius 3 is 2.71 bits per heavy atom. The van der Waals surface area contributed by atoms with Crippen molar-refractivity contribution in [1.82, 2.24) is 19.6 Å². The summed E-state index contributed by atoms with van der Waals surface area (Å²) in [7, 11) is 0. The maximum absolute atomic E-state index is 4.67. The van der Waals surface area contributed by atoms with E-state index in [0.29, 0.717) is 6.04 Å². The maximum Gasteiger partial charge on any atom is 0.194 e. The van der Waals surface area contributed by atoms with Crippen molar-refractivity contribution in [3.63, 3.8) is 0 Å². The van der Waals surface area contributed by atoms with Gasteiger partial charge in [0.1, 0.15) is 0 Å². The SMILES string of the molecule is Cc1nc2scc(C)n2c1CNC1CCN(C2CC2)CC1. The lowest BCUT2D eigenvalue weighted by molar-refractivity contribution is 0.189. The number of nitrogens with zero attached hydrogens (tertiary/aromatic N) is 3. The molecule has 0 radical (unpaired) electrons. The Hall–Kier alpha value is -0.910. The van der Waals surface area contributed by atoms with Gasteiger partial charge in [-0.2, -0.15) is 0 Å². The fourth-order valence-corrected chi connectivity index (χ4v) is 4.46. The first kappa shape index (κ1) is 13.7. The fraction of sp³-hybridized carbons (Fsp3) is 0.688. The van der Waals surface area contributed by atoms with Crippen LogP contribution in [0.4, 0.5) is 0 Å². The zero-order valence-electron chi connectivity index (χ0n) is 12.9. The second-order valence-corrected chi connectivity index (χ2v) is 7.40. The van der Waals surface area contributed by atoms with Crippen LogP contribution in [0.25, 0.3) is 4.96 Å². The molecule has 0 unspecified atom stereocenters. The second-order valence-electron chi connectivity index (χ2n) is 6.56. The first-order valence-electron chi connectivity index (χ1n) is 8.12. The van der Waals surface area contributed by atoms with Gasteiger partial charge in [-0.25, -0.2) is 4.98 Å². The molecule has 5 heteroatoms. The summed E-state index contributed by atoms with van der Waals surface area (Å²) in [6.07, 6.45) is 5.45. The zero-order valence-corrected chi connectivity index (χ0v) is 13.7. The molecule has 4 rings (SSSR count). The molecule has 0 bridgehead atoms. The van der Waals surface area contributed by atoms with Gasteiger partial charge in [0, 0.05) is 29.7 Å². The van der Waals surface area contributed by atoms with Gasteiger partial charge in [-0.05, 0) is 52.6 Å². The number of aromatic nitrogens is 2. The van der Waals surface area contributed by atoms with Crippen molar-refractivity contribution in [2.24, 2.45) is 0 Å². The molecule has 0 atom stereocenters. The summed E-state index contributed by atoms with van der Waals surface area (Å²) in [5, 5.41) is 5.96. The Morgan fingerprint density at radius 2 is 2.00 bits per heavy atom. The van der Waals surface area contributed by atoms with Gasteiger partial charge in [0.15, 0.2) is 4.96 Å². The van der Waals surface area contributed by atoms with Crippen LogP contribution in [0.5, 0.6) is 0 Å². The van der Waals surface area contributed by atoms with Gasteiger partial charge in [-0.1, -0.05) is 0 Å². The molecule has 114 valence electrons. The average Bonchev–Trinajstić information content (AvgIpc) is 3.21. The molecule has 2 aliphatic rings. The summed E-state index contributed by atoms with van der Waals surface area (Å²) >= 11 is 1.74. The smallest absolute Gasteiger partial charge is 0.194 e. The van der Waals surface area contributed by atoms with E-state index in [1.807, 2.05) is 0 Å². The van der Waals surface area contributed by atoms with Crippen LogP contribution < -0.4 is 5.32 Å². The Morgan fingerprint density at radius 1 is 1.24 bits per heavy atom. The molecule has 0 aromatic carbocycles. The average molecular weight is 304 g/mol. The van der Waals surface area contributed by atoms with Crippen LogP contribution in [0.1, 0.15) is 42.8 Å². The van der Waals surface area contributed by atoms with E-state index >= 15 is 0 Å². The highest BCUT2D eigenvalue weighted by atomic mass is 32.1. The molecular formula is C16H24N4S. The number of rotatable bonds is 4. The Kier molecular flexibility index (Phi) is 3.52. The molecule has 1 aliphatic heterocycles. The van der Waals surface area contributed by atoms with Crippen molar-refractivity contribution in [2.75, 3.05) is 13.1 Å². The topological polar surface area (TPSA) is 32.6 Å². The number of thiazole rings is 1. The van der Waals surface area contributed by atoms with Gasteiger partial charge in [0.25, 0.3) is 0 Å². The van der Waals surface area contributed by atoms with Crippen LogP contribution in [-0.2, 0) is 6.54 Å². The van der Waals surface area contributed by atoms with E-state index in [1.165, 1.54) is 55.9 Å². The molecule has 4 nitrogen and oxygen atoms in total. The largest absolute Gasteiger partial charge is 0.308 e. The highest BCUT2D eigenvalue weighted by Gasteiger charge is 2.31. The lowest BCUT2D eigenvalue weighted by atomic mass is 10.0. The number of likely N-dealkylation sites (tertiary alicyclic amines) is 1. The van der Waals surface area contributed by atoms with Crippen LogP contribution in [0.3, 0.4) is 0 Å². The standard InChI is InChI=1S/C16H24N4S/c1-11-10-21-16-18-12(2)15(20(11)16)9-17-13-5-7-19(8-6-13)14-3-4-14/h10,13-14,17H,3-9H2,1-2H3. The first-order valence-corrected chi connectivity index (χ1v) is 9.00. The van der Waals surface area contributed by atoms with Crippen molar-refractivity contribution >= 4 is 16.3 Å². The molecule has 2 aromatic rings. The van der Waals surface area contributed by atoms with Gasteiger partial charge >= 0.3 is 0 Å². The third kappa shape index (κ3) is 2.62. The number of fused-ring (bicyclic) bond motifs is 1. The normalized spacial score (nSPS) is 21.4. The van der Waals surface area contributed by atoms with Crippen molar-refractivity contribution in [3.8, 4) is 0 Å². The van der Waals surface area contributed by atoms with Crippen molar-refractivity contribution in [2.45, 2.75) is 58.2 Å². The van der Waals surface area contributed by atoms with E-state index in [2.05, 4.69) is 38.8 Å². The molecule has 2 fully saturated rings. The van der Waals surface area contributed by atoms with Crippen LogP contribution in [0.15, 0.2) is 5.38 Å². The summed E-state index contributed by atoms with van der Waals surface area (Å²) in [6.45, 7) is 7.80. The summed E-state index contributed by atoms with van der Waals surface area (Å²) in [5.74, 6) is 0. The third-order valence-corrected chi connectivity index (χ3v) is 5.92. The number of hydrogen-bond acceptors (Lipinski definition) is 4. The molecule has 0 amide bonds. The molecule has 1 N–H and O–H groups in total. The number of piperidine rings is 1. The monoisotopic (exact) mass is 304 g/mol. The van der Waals surface area contributed by atoms with E-state index in [0.717, 1.165) is 17.5 Å². The predicted molar refractivity (Wildman–Crippen MR) is 87.0 cm³/mol. The van der Waals surface area contributed by atoms with Crippen LogP contribution in [-0.4, -0.2) is 39.5 Å². The molecule has 1 aliphatic carbocycles. The van der Waals surface area contributed by atoms with E-state index < -0.39 is 0 Å². The highest BCUT2D eigenvalue weighted by molar-refractivity contribution is 7.15. The Bertz CT molecular complexity index is 632. The minimum atomic E-state index is 0.670. The van der Waals surface area contributed by atoms with Crippen molar-refractivity contribution < 1.29 is 0 Å². The van der Waals surface area contributed by atoms with Crippen LogP contribution in [0.2, 0.25) is 0 Å². The van der Waals surface area contributed by atoms with Crippen molar-refractivity contribution in [3.05, 3.63) is 22.5 Å². The quantitative estimate of drug-likeness (QED) is 0.943. The summed E-state index contributed by atoms with van der Waals surface area (Å²) in [5.41, 5.74) is 3.82. The highest BCUT2D eigenvalue weighted by Crippen LogP contribution is 2.29. The third-order valence-electron chi connectivity index (χ3n) is 4.98. The van der Waals surface area contributed by atoms with E-state index in [9.17, 15) is 0 Å². The maximum atomic E-state index is 4.67.